The first-order chi connectivity index (χ1) is 8.34. The summed E-state index contributed by atoms with van der Waals surface area (Å²) in [6, 6.07) is 5.81. The van der Waals surface area contributed by atoms with Crippen molar-refractivity contribution in [2.45, 2.75) is 19.4 Å². The van der Waals surface area contributed by atoms with Gasteiger partial charge in [0.05, 0.1) is 0 Å². The van der Waals surface area contributed by atoms with E-state index >= 15 is 0 Å². The van der Waals surface area contributed by atoms with E-state index in [1.54, 1.807) is 12.4 Å². The van der Waals surface area contributed by atoms with Crippen LogP contribution < -0.4 is 5.32 Å². The number of rotatable bonds is 5. The predicted octanol–water partition coefficient (Wildman–Crippen LogP) is 1.66. The maximum Gasteiger partial charge on any atom is 0.220 e. The summed E-state index contributed by atoms with van der Waals surface area (Å²) in [5.74, 6) is 0.0722. The van der Waals surface area contributed by atoms with E-state index in [1.165, 1.54) is 0 Å². The molecule has 2 aromatic rings. The average Bonchev–Trinajstić information content (AvgIpc) is 2.88. The lowest BCUT2D eigenvalue weighted by atomic mass is 10.1. The quantitative estimate of drug-likeness (QED) is 0.819. The Morgan fingerprint density at radius 2 is 2.06 bits per heavy atom. The number of H-pyrrole nitrogens is 1. The van der Waals surface area contributed by atoms with E-state index in [0.29, 0.717) is 13.0 Å². The van der Waals surface area contributed by atoms with E-state index < -0.39 is 0 Å². The van der Waals surface area contributed by atoms with Crippen LogP contribution in [0.3, 0.4) is 0 Å². The van der Waals surface area contributed by atoms with E-state index in [2.05, 4.69) is 15.3 Å². The molecule has 2 N–H and O–H groups in total. The fourth-order valence-corrected chi connectivity index (χ4v) is 1.56. The van der Waals surface area contributed by atoms with Gasteiger partial charge in [-0.2, -0.15) is 0 Å². The summed E-state index contributed by atoms with van der Waals surface area (Å²) < 4.78 is 0. The lowest BCUT2D eigenvalue weighted by molar-refractivity contribution is -0.121. The molecule has 1 amide bonds. The van der Waals surface area contributed by atoms with Crippen LogP contribution in [0.4, 0.5) is 0 Å². The van der Waals surface area contributed by atoms with Crippen molar-refractivity contribution in [2.24, 2.45) is 0 Å². The van der Waals surface area contributed by atoms with Gasteiger partial charge < -0.3 is 10.3 Å². The molecule has 0 unspecified atom stereocenters. The molecule has 0 spiro atoms. The van der Waals surface area contributed by atoms with Crippen molar-refractivity contribution in [1.29, 1.82) is 0 Å². The fraction of sp³-hybridized carbons (Fsp3) is 0.231. The molecular formula is C13H15N3O. The van der Waals surface area contributed by atoms with Crippen LogP contribution in [0, 0.1) is 0 Å². The number of hydrogen-bond acceptors (Lipinski definition) is 2. The third kappa shape index (κ3) is 3.75. The van der Waals surface area contributed by atoms with Crippen molar-refractivity contribution < 1.29 is 4.79 Å². The number of carbonyl (C=O) groups excluding carboxylic acids is 1. The number of aryl methyl sites for hydroxylation is 1. The van der Waals surface area contributed by atoms with Gasteiger partial charge in [-0.05, 0) is 35.7 Å². The molecule has 4 heteroatoms. The lowest BCUT2D eigenvalue weighted by Crippen LogP contribution is -2.22. The number of amides is 1. The number of nitrogens with one attached hydrogen (secondary N) is 2. The third-order valence-electron chi connectivity index (χ3n) is 2.54. The van der Waals surface area contributed by atoms with E-state index in [1.807, 2.05) is 30.6 Å². The molecular weight excluding hydrogens is 214 g/mol. The fourth-order valence-electron chi connectivity index (χ4n) is 1.56. The first kappa shape index (κ1) is 11.4. The van der Waals surface area contributed by atoms with Crippen molar-refractivity contribution in [3.63, 3.8) is 0 Å². The Bertz CT molecular complexity index is 451. The monoisotopic (exact) mass is 229 g/mol. The highest BCUT2D eigenvalue weighted by molar-refractivity contribution is 5.76. The van der Waals surface area contributed by atoms with E-state index in [9.17, 15) is 4.79 Å². The Morgan fingerprint density at radius 3 is 2.76 bits per heavy atom. The van der Waals surface area contributed by atoms with Crippen molar-refractivity contribution in [3.05, 3.63) is 54.1 Å². The second-order valence-electron chi connectivity index (χ2n) is 3.85. The zero-order chi connectivity index (χ0) is 11.9. The molecule has 0 saturated carbocycles. The van der Waals surface area contributed by atoms with Crippen LogP contribution in [0.15, 0.2) is 43.0 Å². The number of nitrogens with zero attached hydrogens (tertiary/aromatic N) is 1. The predicted molar refractivity (Wildman–Crippen MR) is 65.2 cm³/mol. The van der Waals surface area contributed by atoms with Gasteiger partial charge >= 0.3 is 0 Å². The summed E-state index contributed by atoms with van der Waals surface area (Å²) >= 11 is 0. The Balaban J connectivity index is 1.71. The van der Waals surface area contributed by atoms with Crippen molar-refractivity contribution in [1.82, 2.24) is 15.3 Å². The summed E-state index contributed by atoms with van der Waals surface area (Å²) in [5, 5.41) is 2.88. The summed E-state index contributed by atoms with van der Waals surface area (Å²) in [7, 11) is 0. The molecule has 0 fully saturated rings. The van der Waals surface area contributed by atoms with Crippen LogP contribution >= 0.6 is 0 Å². The van der Waals surface area contributed by atoms with Crippen LogP contribution in [0.1, 0.15) is 17.5 Å². The third-order valence-corrected chi connectivity index (χ3v) is 2.54. The molecule has 88 valence electrons. The maximum atomic E-state index is 11.6. The molecule has 0 aliphatic carbocycles. The van der Waals surface area contributed by atoms with Crippen molar-refractivity contribution in [2.75, 3.05) is 0 Å². The molecule has 2 rings (SSSR count). The Kier molecular flexibility index (Phi) is 3.91. The minimum absolute atomic E-state index is 0.0722. The van der Waals surface area contributed by atoms with Gasteiger partial charge in [0.25, 0.3) is 0 Å². The Morgan fingerprint density at radius 1 is 1.24 bits per heavy atom. The molecule has 4 nitrogen and oxygen atoms in total. The average molecular weight is 229 g/mol. The SMILES string of the molecule is O=C(CCc1ccncc1)NCc1cc[nH]c1. The largest absolute Gasteiger partial charge is 0.367 e. The van der Waals surface area contributed by atoms with Crippen LogP contribution in [0.25, 0.3) is 0 Å². The van der Waals surface area contributed by atoms with E-state index in [0.717, 1.165) is 17.5 Å². The molecule has 0 saturated heterocycles. The minimum atomic E-state index is 0.0722. The van der Waals surface area contributed by atoms with Crippen LogP contribution in [-0.4, -0.2) is 15.9 Å². The molecule has 0 aliphatic heterocycles. The van der Waals surface area contributed by atoms with Crippen LogP contribution in [0.2, 0.25) is 0 Å². The minimum Gasteiger partial charge on any atom is -0.367 e. The van der Waals surface area contributed by atoms with Gasteiger partial charge in [-0.15, -0.1) is 0 Å². The summed E-state index contributed by atoms with van der Waals surface area (Å²) in [6.45, 7) is 0.582. The van der Waals surface area contributed by atoms with E-state index in [-0.39, 0.29) is 5.91 Å². The molecule has 0 atom stereocenters. The zero-order valence-electron chi connectivity index (χ0n) is 9.52. The molecule has 0 aromatic carbocycles. The van der Waals surface area contributed by atoms with Crippen molar-refractivity contribution >= 4 is 5.91 Å². The van der Waals surface area contributed by atoms with Gasteiger partial charge in [0.2, 0.25) is 5.91 Å². The summed E-state index contributed by atoms with van der Waals surface area (Å²) in [5.41, 5.74) is 2.22. The maximum absolute atomic E-state index is 11.6. The number of pyridine rings is 1. The summed E-state index contributed by atoms with van der Waals surface area (Å²) in [4.78, 5) is 18.5. The number of aromatic amines is 1. The normalized spacial score (nSPS) is 10.1. The molecule has 0 bridgehead atoms. The van der Waals surface area contributed by atoms with Crippen LogP contribution in [0.5, 0.6) is 0 Å². The van der Waals surface area contributed by atoms with Crippen molar-refractivity contribution in [3.8, 4) is 0 Å². The number of aromatic nitrogens is 2. The molecule has 2 aromatic heterocycles. The number of carbonyl (C=O) groups is 1. The second kappa shape index (κ2) is 5.84. The molecule has 17 heavy (non-hydrogen) atoms. The first-order valence-electron chi connectivity index (χ1n) is 5.62. The van der Waals surface area contributed by atoms with Crippen LogP contribution in [-0.2, 0) is 17.8 Å². The van der Waals surface area contributed by atoms with Gasteiger partial charge in [0.1, 0.15) is 0 Å². The first-order valence-corrected chi connectivity index (χ1v) is 5.62. The molecule has 2 heterocycles. The van der Waals surface area contributed by atoms with E-state index in [4.69, 9.17) is 0 Å². The highest BCUT2D eigenvalue weighted by Gasteiger charge is 2.02. The van der Waals surface area contributed by atoms with Gasteiger partial charge in [-0.3, -0.25) is 9.78 Å². The highest BCUT2D eigenvalue weighted by Crippen LogP contribution is 2.01. The van der Waals surface area contributed by atoms with Gasteiger partial charge in [0, 0.05) is 37.8 Å². The standard InChI is InChI=1S/C13H15N3O/c17-13(16-10-12-5-8-15-9-12)2-1-11-3-6-14-7-4-11/h3-9,15H,1-2,10H2,(H,16,17). The Hall–Kier alpha value is -2.10. The Labute approximate surface area is 100 Å². The van der Waals surface area contributed by atoms with Gasteiger partial charge in [-0.1, -0.05) is 0 Å². The highest BCUT2D eigenvalue weighted by atomic mass is 16.1. The molecule has 0 radical (unpaired) electrons. The smallest absolute Gasteiger partial charge is 0.220 e. The summed E-state index contributed by atoms with van der Waals surface area (Å²) in [6.07, 6.45) is 8.47. The number of hydrogen-bond donors (Lipinski definition) is 2. The van der Waals surface area contributed by atoms with Gasteiger partial charge in [0.15, 0.2) is 0 Å². The second-order valence-corrected chi connectivity index (χ2v) is 3.85. The van der Waals surface area contributed by atoms with Gasteiger partial charge in [-0.25, -0.2) is 0 Å². The lowest BCUT2D eigenvalue weighted by Gasteiger charge is -2.03. The topological polar surface area (TPSA) is 57.8 Å². The molecule has 0 aliphatic rings. The zero-order valence-corrected chi connectivity index (χ0v) is 9.52.